The van der Waals surface area contributed by atoms with Gasteiger partial charge in [-0.3, -0.25) is 9.69 Å². The molecule has 1 unspecified atom stereocenters. The van der Waals surface area contributed by atoms with Crippen molar-refractivity contribution in [1.29, 1.82) is 0 Å². The first-order chi connectivity index (χ1) is 14.7. The molecule has 5 nitrogen and oxygen atoms in total. The van der Waals surface area contributed by atoms with Crippen molar-refractivity contribution < 1.29 is 9.53 Å². The number of carbonyl (C=O) groups is 1. The van der Waals surface area contributed by atoms with Gasteiger partial charge in [-0.25, -0.2) is 4.98 Å². The van der Waals surface area contributed by atoms with Gasteiger partial charge in [0, 0.05) is 38.3 Å². The molecule has 2 aromatic carbocycles. The molecule has 1 aromatic heterocycles. The quantitative estimate of drug-likeness (QED) is 0.540. The third-order valence-corrected chi connectivity index (χ3v) is 6.32. The van der Waals surface area contributed by atoms with Crippen LogP contribution < -0.4 is 0 Å². The predicted octanol–water partition coefficient (Wildman–Crippen LogP) is 4.06. The fourth-order valence-corrected chi connectivity index (χ4v) is 4.56. The number of aromatic nitrogens is 1. The maximum absolute atomic E-state index is 13.2. The van der Waals surface area contributed by atoms with Gasteiger partial charge >= 0.3 is 0 Å². The zero-order valence-electron chi connectivity index (χ0n) is 17.2. The molecule has 1 atom stereocenters. The molecule has 4 rings (SSSR count). The van der Waals surface area contributed by atoms with Gasteiger partial charge in [-0.05, 0) is 30.7 Å². The summed E-state index contributed by atoms with van der Waals surface area (Å²) in [7, 11) is 0. The van der Waals surface area contributed by atoms with E-state index in [2.05, 4.69) is 35.0 Å². The number of benzene rings is 2. The first-order valence-corrected chi connectivity index (χ1v) is 11.2. The van der Waals surface area contributed by atoms with Crippen LogP contribution in [-0.2, 0) is 16.1 Å². The lowest BCUT2D eigenvalue weighted by Gasteiger charge is -2.34. The number of rotatable bonds is 7. The Bertz CT molecular complexity index is 963. The third-order valence-electron chi connectivity index (χ3n) is 5.32. The van der Waals surface area contributed by atoms with Crippen molar-refractivity contribution in [3.05, 3.63) is 71.2 Å². The maximum Gasteiger partial charge on any atom is 0.247 e. The van der Waals surface area contributed by atoms with Crippen molar-refractivity contribution in [1.82, 2.24) is 14.8 Å². The number of nitrogens with zero attached hydrogens (tertiary/aromatic N) is 3. The van der Waals surface area contributed by atoms with Crippen LogP contribution in [0.15, 0.2) is 60.7 Å². The maximum atomic E-state index is 13.2. The van der Waals surface area contributed by atoms with Crippen molar-refractivity contribution in [3.63, 3.8) is 0 Å². The lowest BCUT2D eigenvalue weighted by molar-refractivity contribution is -0.129. The van der Waals surface area contributed by atoms with Crippen molar-refractivity contribution in [2.45, 2.75) is 19.5 Å². The molecule has 0 bridgehead atoms. The lowest BCUT2D eigenvalue weighted by atomic mass is 10.1. The van der Waals surface area contributed by atoms with Crippen LogP contribution in [0.4, 0.5) is 0 Å². The summed E-state index contributed by atoms with van der Waals surface area (Å²) < 4.78 is 6.59. The SMILES string of the molecule is CC(CN1CCOCC1)N(Cc1ccccc1)C(=O)/C=C/c1nc2ccccc2s1. The average molecular weight is 422 g/mol. The molecule has 156 valence electrons. The standard InChI is InChI=1S/C24H27N3O2S/c1-19(17-26-13-15-29-16-14-26)27(18-20-7-3-2-4-8-20)24(28)12-11-23-25-21-9-5-6-10-22(21)30-23/h2-12,19H,13-18H2,1H3/b12-11+. The van der Waals surface area contributed by atoms with Crippen LogP contribution in [0, 0.1) is 0 Å². The Kier molecular flexibility index (Phi) is 6.89. The summed E-state index contributed by atoms with van der Waals surface area (Å²) in [5, 5.41) is 0.852. The Balaban J connectivity index is 1.49. The van der Waals surface area contributed by atoms with E-state index in [1.54, 1.807) is 17.4 Å². The van der Waals surface area contributed by atoms with Crippen LogP contribution in [-0.4, -0.2) is 59.6 Å². The first kappa shape index (κ1) is 20.7. The molecule has 0 saturated carbocycles. The van der Waals surface area contributed by atoms with Crippen molar-refractivity contribution in [2.75, 3.05) is 32.8 Å². The summed E-state index contributed by atoms with van der Waals surface area (Å²) in [4.78, 5) is 22.1. The lowest BCUT2D eigenvalue weighted by Crippen LogP contribution is -2.47. The molecule has 1 fully saturated rings. The fourth-order valence-electron chi connectivity index (χ4n) is 3.69. The number of hydrogen-bond donors (Lipinski definition) is 0. The van der Waals surface area contributed by atoms with Gasteiger partial charge in [0.15, 0.2) is 0 Å². The Morgan fingerprint density at radius 1 is 1.17 bits per heavy atom. The van der Waals surface area contributed by atoms with Crippen LogP contribution >= 0.6 is 11.3 Å². The number of para-hydroxylation sites is 1. The Morgan fingerprint density at radius 3 is 2.67 bits per heavy atom. The van der Waals surface area contributed by atoms with Gasteiger partial charge in [0.2, 0.25) is 5.91 Å². The highest BCUT2D eigenvalue weighted by Crippen LogP contribution is 2.22. The summed E-state index contributed by atoms with van der Waals surface area (Å²) in [6.07, 6.45) is 3.50. The highest BCUT2D eigenvalue weighted by atomic mass is 32.1. The smallest absolute Gasteiger partial charge is 0.247 e. The predicted molar refractivity (Wildman–Crippen MR) is 122 cm³/mol. The number of morpholine rings is 1. The molecule has 1 aliphatic heterocycles. The fraction of sp³-hybridized carbons (Fsp3) is 0.333. The number of fused-ring (bicyclic) bond motifs is 1. The van der Waals surface area contributed by atoms with E-state index in [4.69, 9.17) is 4.74 Å². The van der Waals surface area contributed by atoms with E-state index in [1.807, 2.05) is 47.4 Å². The molecule has 0 spiro atoms. The number of amides is 1. The van der Waals surface area contributed by atoms with Gasteiger partial charge in [0.1, 0.15) is 5.01 Å². The second-order valence-electron chi connectivity index (χ2n) is 7.57. The van der Waals surface area contributed by atoms with Crippen LogP contribution in [0.5, 0.6) is 0 Å². The Morgan fingerprint density at radius 2 is 1.90 bits per heavy atom. The molecule has 1 aliphatic rings. The molecular formula is C24H27N3O2S. The summed E-state index contributed by atoms with van der Waals surface area (Å²) in [5.74, 6) is 0.0128. The third kappa shape index (κ3) is 5.33. The largest absolute Gasteiger partial charge is 0.379 e. The summed E-state index contributed by atoms with van der Waals surface area (Å²) in [6.45, 7) is 6.92. The molecule has 1 saturated heterocycles. The molecule has 0 N–H and O–H groups in total. The molecule has 0 radical (unpaired) electrons. The zero-order valence-corrected chi connectivity index (χ0v) is 18.1. The monoisotopic (exact) mass is 421 g/mol. The van der Waals surface area contributed by atoms with E-state index in [9.17, 15) is 4.79 Å². The second-order valence-corrected chi connectivity index (χ2v) is 8.63. The van der Waals surface area contributed by atoms with E-state index in [0.717, 1.165) is 53.6 Å². The number of carbonyl (C=O) groups excluding carboxylic acids is 1. The van der Waals surface area contributed by atoms with E-state index in [0.29, 0.717) is 6.54 Å². The first-order valence-electron chi connectivity index (χ1n) is 10.4. The minimum atomic E-state index is 0.0128. The normalized spacial score (nSPS) is 16.2. The Labute approximate surface area is 181 Å². The number of ether oxygens (including phenoxy) is 1. The van der Waals surface area contributed by atoms with Gasteiger partial charge in [-0.2, -0.15) is 0 Å². The van der Waals surface area contributed by atoms with Gasteiger partial charge in [0.25, 0.3) is 0 Å². The van der Waals surface area contributed by atoms with Crippen LogP contribution in [0.3, 0.4) is 0 Å². The minimum absolute atomic E-state index is 0.0128. The number of thiazole rings is 1. The van der Waals surface area contributed by atoms with E-state index in [-0.39, 0.29) is 11.9 Å². The highest BCUT2D eigenvalue weighted by Gasteiger charge is 2.22. The van der Waals surface area contributed by atoms with E-state index in [1.165, 1.54) is 0 Å². The van der Waals surface area contributed by atoms with Gasteiger partial charge in [-0.15, -0.1) is 11.3 Å². The van der Waals surface area contributed by atoms with Crippen LogP contribution in [0.1, 0.15) is 17.5 Å². The molecule has 6 heteroatoms. The molecule has 1 amide bonds. The van der Waals surface area contributed by atoms with Crippen molar-refractivity contribution in [3.8, 4) is 0 Å². The minimum Gasteiger partial charge on any atom is -0.379 e. The summed E-state index contributed by atoms with van der Waals surface area (Å²) in [5.41, 5.74) is 2.10. The van der Waals surface area contributed by atoms with E-state index < -0.39 is 0 Å². The highest BCUT2D eigenvalue weighted by molar-refractivity contribution is 7.19. The summed E-state index contributed by atoms with van der Waals surface area (Å²) >= 11 is 1.60. The van der Waals surface area contributed by atoms with Gasteiger partial charge < -0.3 is 9.64 Å². The molecule has 3 aromatic rings. The zero-order chi connectivity index (χ0) is 20.8. The molecular weight excluding hydrogens is 394 g/mol. The van der Waals surface area contributed by atoms with Gasteiger partial charge in [-0.1, -0.05) is 42.5 Å². The van der Waals surface area contributed by atoms with Crippen LogP contribution in [0.25, 0.3) is 16.3 Å². The van der Waals surface area contributed by atoms with Gasteiger partial charge in [0.05, 0.1) is 23.4 Å². The second kappa shape index (κ2) is 9.98. The number of hydrogen-bond acceptors (Lipinski definition) is 5. The molecule has 0 aliphatic carbocycles. The average Bonchev–Trinajstić information content (AvgIpc) is 3.20. The van der Waals surface area contributed by atoms with Crippen molar-refractivity contribution >= 4 is 33.5 Å². The summed E-state index contributed by atoms with van der Waals surface area (Å²) in [6, 6.07) is 18.3. The van der Waals surface area contributed by atoms with E-state index >= 15 is 0 Å². The van der Waals surface area contributed by atoms with Crippen molar-refractivity contribution in [2.24, 2.45) is 0 Å². The Hall–Kier alpha value is -2.54. The topological polar surface area (TPSA) is 45.7 Å². The van der Waals surface area contributed by atoms with Crippen LogP contribution in [0.2, 0.25) is 0 Å². The molecule has 2 heterocycles. The molecule has 30 heavy (non-hydrogen) atoms.